The first-order valence-electron chi connectivity index (χ1n) is 12.0. The molecule has 0 bridgehead atoms. The number of ether oxygens (including phenoxy) is 1. The van der Waals surface area contributed by atoms with E-state index in [1.807, 2.05) is 30.3 Å². The van der Waals surface area contributed by atoms with E-state index in [1.54, 1.807) is 7.11 Å². The summed E-state index contributed by atoms with van der Waals surface area (Å²) in [6, 6.07) is 7.42. The van der Waals surface area contributed by atoms with E-state index in [2.05, 4.69) is 18.3 Å². The van der Waals surface area contributed by atoms with Gasteiger partial charge >= 0.3 is 0 Å². The molecule has 0 aliphatic carbocycles. The lowest BCUT2D eigenvalue weighted by Gasteiger charge is -2.20. The Kier molecular flexibility index (Phi) is 16.4. The highest BCUT2D eigenvalue weighted by Gasteiger charge is 2.14. The van der Waals surface area contributed by atoms with Gasteiger partial charge in [0.25, 0.3) is 0 Å². The van der Waals surface area contributed by atoms with E-state index in [-0.39, 0.29) is 12.6 Å². The van der Waals surface area contributed by atoms with Gasteiger partial charge in [-0.25, -0.2) is 0 Å². The second kappa shape index (κ2) is 18.4. The molecule has 4 nitrogen and oxygen atoms in total. The summed E-state index contributed by atoms with van der Waals surface area (Å²) in [5.74, 6) is 0.822. The minimum absolute atomic E-state index is 0.0971. The molecule has 1 rings (SSSR count). The maximum atomic E-state index is 10.3. The Hall–Kier alpha value is -1.36. The van der Waals surface area contributed by atoms with Crippen LogP contribution in [-0.4, -0.2) is 36.1 Å². The monoisotopic (exact) mass is 419 g/mol. The van der Waals surface area contributed by atoms with Gasteiger partial charge < -0.3 is 20.3 Å². The first kappa shape index (κ1) is 26.7. The summed E-state index contributed by atoms with van der Waals surface area (Å²) < 4.78 is 5.16. The third-order valence-electron chi connectivity index (χ3n) is 5.64. The molecular weight excluding hydrogens is 374 g/mol. The fourth-order valence-corrected chi connectivity index (χ4v) is 3.58. The third-order valence-corrected chi connectivity index (χ3v) is 5.64. The van der Waals surface area contributed by atoms with Crippen LogP contribution in [0.5, 0.6) is 5.75 Å². The van der Waals surface area contributed by atoms with Crippen LogP contribution in [0.1, 0.15) is 89.5 Å². The molecule has 0 aliphatic heterocycles. The fourth-order valence-electron chi connectivity index (χ4n) is 3.58. The first-order valence-corrected chi connectivity index (χ1v) is 12.0. The van der Waals surface area contributed by atoms with E-state index < -0.39 is 6.10 Å². The van der Waals surface area contributed by atoms with E-state index in [0.717, 1.165) is 17.7 Å². The lowest BCUT2D eigenvalue weighted by molar-refractivity contribution is 0.122. The quantitative estimate of drug-likeness (QED) is 0.197. The van der Waals surface area contributed by atoms with Crippen LogP contribution < -0.4 is 10.1 Å². The van der Waals surface area contributed by atoms with Crippen molar-refractivity contribution in [3.63, 3.8) is 0 Å². The summed E-state index contributed by atoms with van der Waals surface area (Å²) in [6.07, 6.45) is 19.0. The standard InChI is InChI=1S/C26H45NO3/c1-3-4-5-6-7-8-9-10-11-12-13-14-15-16-26(29)25(22-28)27-21-23-17-19-24(30-2)20-18-23/h15-20,25-29H,3-14,21-22H2,1-2H3/b16-15+/t25-,26-/m1/s1. The molecule has 0 amide bonds. The molecule has 2 atom stereocenters. The molecule has 1 aromatic rings. The number of methoxy groups -OCH3 is 1. The van der Waals surface area contributed by atoms with Crippen LogP contribution >= 0.6 is 0 Å². The Morgan fingerprint density at radius 2 is 1.47 bits per heavy atom. The fraction of sp³-hybridized carbons (Fsp3) is 0.692. The molecule has 1 aromatic carbocycles. The van der Waals surface area contributed by atoms with Crippen LogP contribution in [0.2, 0.25) is 0 Å². The van der Waals surface area contributed by atoms with Crippen LogP contribution in [0.25, 0.3) is 0 Å². The molecule has 0 radical (unpaired) electrons. The van der Waals surface area contributed by atoms with Gasteiger partial charge in [-0.3, -0.25) is 0 Å². The minimum atomic E-state index is -0.680. The smallest absolute Gasteiger partial charge is 0.118 e. The van der Waals surface area contributed by atoms with Crippen molar-refractivity contribution in [1.82, 2.24) is 5.32 Å². The van der Waals surface area contributed by atoms with Crippen molar-refractivity contribution >= 4 is 0 Å². The van der Waals surface area contributed by atoms with Crippen LogP contribution in [0.15, 0.2) is 36.4 Å². The highest BCUT2D eigenvalue weighted by Crippen LogP contribution is 2.13. The molecule has 0 unspecified atom stereocenters. The number of aliphatic hydroxyl groups excluding tert-OH is 2. The predicted molar refractivity (Wildman–Crippen MR) is 127 cm³/mol. The number of unbranched alkanes of at least 4 members (excludes halogenated alkanes) is 11. The number of benzene rings is 1. The van der Waals surface area contributed by atoms with Crippen molar-refractivity contribution in [2.75, 3.05) is 13.7 Å². The Morgan fingerprint density at radius 1 is 0.900 bits per heavy atom. The van der Waals surface area contributed by atoms with Crippen molar-refractivity contribution in [1.29, 1.82) is 0 Å². The van der Waals surface area contributed by atoms with Crippen molar-refractivity contribution in [2.45, 2.75) is 103 Å². The second-order valence-corrected chi connectivity index (χ2v) is 8.26. The Labute approximate surface area is 184 Å². The van der Waals surface area contributed by atoms with Gasteiger partial charge in [0, 0.05) is 6.54 Å². The van der Waals surface area contributed by atoms with Crippen molar-refractivity contribution in [3.05, 3.63) is 42.0 Å². The molecular formula is C26H45NO3. The topological polar surface area (TPSA) is 61.7 Å². The summed E-state index contributed by atoms with van der Waals surface area (Å²) in [6.45, 7) is 2.76. The highest BCUT2D eigenvalue weighted by atomic mass is 16.5. The Bertz CT molecular complexity index is 530. The van der Waals surface area contributed by atoms with E-state index >= 15 is 0 Å². The van der Waals surface area contributed by atoms with Crippen molar-refractivity contribution in [2.24, 2.45) is 0 Å². The predicted octanol–water partition coefficient (Wildman–Crippen LogP) is 5.76. The van der Waals surface area contributed by atoms with Crippen LogP contribution in [0.3, 0.4) is 0 Å². The maximum absolute atomic E-state index is 10.3. The Balaban J connectivity index is 2.07. The average molecular weight is 420 g/mol. The zero-order valence-corrected chi connectivity index (χ0v) is 19.3. The van der Waals surface area contributed by atoms with Gasteiger partial charge in [0.2, 0.25) is 0 Å². The first-order chi connectivity index (χ1) is 14.7. The van der Waals surface area contributed by atoms with Crippen LogP contribution in [0.4, 0.5) is 0 Å². The van der Waals surface area contributed by atoms with E-state index in [1.165, 1.54) is 70.6 Å². The molecule has 0 spiro atoms. The van der Waals surface area contributed by atoms with Crippen LogP contribution in [0, 0.1) is 0 Å². The molecule has 30 heavy (non-hydrogen) atoms. The number of hydrogen-bond acceptors (Lipinski definition) is 4. The number of allylic oxidation sites excluding steroid dienone is 1. The highest BCUT2D eigenvalue weighted by molar-refractivity contribution is 5.27. The summed E-state index contributed by atoms with van der Waals surface area (Å²) in [7, 11) is 1.65. The third kappa shape index (κ3) is 13.0. The molecule has 0 aromatic heterocycles. The largest absolute Gasteiger partial charge is 0.497 e. The molecule has 3 N–H and O–H groups in total. The number of rotatable bonds is 19. The minimum Gasteiger partial charge on any atom is -0.497 e. The second-order valence-electron chi connectivity index (χ2n) is 8.26. The van der Waals surface area contributed by atoms with E-state index in [9.17, 15) is 10.2 Å². The Morgan fingerprint density at radius 3 is 2.00 bits per heavy atom. The number of hydrogen-bond donors (Lipinski definition) is 3. The molecule has 172 valence electrons. The lowest BCUT2D eigenvalue weighted by Crippen LogP contribution is -2.41. The average Bonchev–Trinajstić information content (AvgIpc) is 2.77. The molecule has 0 aliphatic rings. The van der Waals surface area contributed by atoms with Gasteiger partial charge in [0.1, 0.15) is 5.75 Å². The van der Waals surface area contributed by atoms with Crippen molar-refractivity contribution < 1.29 is 14.9 Å². The summed E-state index contributed by atoms with van der Waals surface area (Å²) >= 11 is 0. The van der Waals surface area contributed by atoms with Crippen LogP contribution in [-0.2, 0) is 6.54 Å². The number of nitrogens with one attached hydrogen (secondary N) is 1. The molecule has 0 saturated carbocycles. The number of aliphatic hydroxyl groups is 2. The molecule has 0 saturated heterocycles. The summed E-state index contributed by atoms with van der Waals surface area (Å²) in [5, 5.41) is 23.1. The zero-order valence-electron chi connectivity index (χ0n) is 19.3. The van der Waals surface area contributed by atoms with E-state index in [0.29, 0.717) is 6.54 Å². The lowest BCUT2D eigenvalue weighted by atomic mass is 10.0. The molecule has 0 fully saturated rings. The van der Waals surface area contributed by atoms with Gasteiger partial charge in [-0.05, 0) is 30.5 Å². The van der Waals surface area contributed by atoms with Gasteiger partial charge in [-0.1, -0.05) is 95.4 Å². The van der Waals surface area contributed by atoms with Crippen molar-refractivity contribution in [3.8, 4) is 5.75 Å². The van der Waals surface area contributed by atoms with Gasteiger partial charge in [0.15, 0.2) is 0 Å². The zero-order chi connectivity index (χ0) is 21.9. The van der Waals surface area contributed by atoms with Gasteiger partial charge in [0.05, 0.1) is 25.9 Å². The molecule has 4 heteroatoms. The van der Waals surface area contributed by atoms with E-state index in [4.69, 9.17) is 4.74 Å². The summed E-state index contributed by atoms with van der Waals surface area (Å²) in [5.41, 5.74) is 1.09. The summed E-state index contributed by atoms with van der Waals surface area (Å²) in [4.78, 5) is 0. The van der Waals surface area contributed by atoms with Gasteiger partial charge in [-0.15, -0.1) is 0 Å². The normalized spacial score (nSPS) is 13.6. The van der Waals surface area contributed by atoms with Gasteiger partial charge in [-0.2, -0.15) is 0 Å². The molecule has 0 heterocycles. The maximum Gasteiger partial charge on any atom is 0.118 e. The SMILES string of the molecule is CCCCCCCCCCCCC/C=C/[C@@H](O)[C@@H](CO)NCc1ccc(OC)cc1.